The summed E-state index contributed by atoms with van der Waals surface area (Å²) in [6.07, 6.45) is 0.0602. The van der Waals surface area contributed by atoms with Gasteiger partial charge < -0.3 is 14.8 Å². The standard InChI is InChI=1S/2C4H8O2.C2H7N.CH4O4S/c2*1-4(2)6-3-5;1-3-2;1-5-6(2,3)4/h2*3-4H,1-2H3;3H,1-2H3;1H3,(H,2,3,4). The van der Waals surface area contributed by atoms with Crippen molar-refractivity contribution in [3.05, 3.63) is 0 Å². The Balaban J connectivity index is -0.0000000944. The van der Waals surface area contributed by atoms with Crippen molar-refractivity contribution in [1.82, 2.24) is 5.32 Å². The predicted octanol–water partition coefficient (Wildman–Crippen LogP) is 0.407. The van der Waals surface area contributed by atoms with Crippen LogP contribution < -0.4 is 5.32 Å². The maximum absolute atomic E-state index is 9.39. The first kappa shape index (κ1) is 28.0. The zero-order valence-corrected chi connectivity index (χ0v) is 14.3. The highest BCUT2D eigenvalue weighted by Gasteiger charge is 1.94. The summed E-state index contributed by atoms with van der Waals surface area (Å²) in [7, 11) is 0.458. The average molecular weight is 333 g/mol. The number of nitrogens with one attached hydrogen (secondary N) is 1. The molecule has 0 fully saturated rings. The summed E-state index contributed by atoms with van der Waals surface area (Å²) in [4.78, 5) is 18.8. The van der Waals surface area contributed by atoms with E-state index in [-0.39, 0.29) is 12.2 Å². The first-order valence-electron chi connectivity index (χ1n) is 5.81. The molecule has 0 saturated heterocycles. The van der Waals surface area contributed by atoms with Crippen molar-refractivity contribution in [3.63, 3.8) is 0 Å². The molecule has 0 unspecified atom stereocenters. The van der Waals surface area contributed by atoms with Crippen molar-refractivity contribution in [2.75, 3.05) is 21.2 Å². The van der Waals surface area contributed by atoms with Crippen LogP contribution in [-0.2, 0) is 33.6 Å². The van der Waals surface area contributed by atoms with E-state index in [0.29, 0.717) is 12.9 Å². The quantitative estimate of drug-likeness (QED) is 0.542. The second-order valence-electron chi connectivity index (χ2n) is 3.66. The fraction of sp³-hybridized carbons (Fsp3) is 0.818. The molecule has 0 rings (SSSR count). The molecule has 0 spiro atoms. The summed E-state index contributed by atoms with van der Waals surface area (Å²) in [5.74, 6) is 0. The number of carbonyl (C=O) groups excluding carboxylic acids is 2. The Morgan fingerprint density at radius 1 is 0.952 bits per heavy atom. The number of carbonyl (C=O) groups is 2. The Labute approximate surface area is 126 Å². The van der Waals surface area contributed by atoms with Gasteiger partial charge >= 0.3 is 10.4 Å². The molecule has 0 aliphatic rings. The molecular formula is C11H27NO8S. The fourth-order valence-corrected chi connectivity index (χ4v) is 0.222. The van der Waals surface area contributed by atoms with Crippen molar-refractivity contribution in [2.24, 2.45) is 0 Å². The van der Waals surface area contributed by atoms with Crippen molar-refractivity contribution >= 4 is 23.3 Å². The Kier molecular flexibility index (Phi) is 28.1. The summed E-state index contributed by atoms with van der Waals surface area (Å²) in [5.41, 5.74) is 0. The minimum Gasteiger partial charge on any atom is -0.465 e. The molecule has 0 saturated carbocycles. The highest BCUT2D eigenvalue weighted by Crippen LogP contribution is 1.79. The molecule has 0 aromatic rings. The lowest BCUT2D eigenvalue weighted by atomic mass is 10.5. The Hall–Kier alpha value is -1.23. The lowest BCUT2D eigenvalue weighted by molar-refractivity contribution is -0.132. The van der Waals surface area contributed by atoms with E-state index in [1.807, 2.05) is 14.1 Å². The van der Waals surface area contributed by atoms with Gasteiger partial charge in [-0.2, -0.15) is 8.42 Å². The number of hydrogen-bond donors (Lipinski definition) is 2. The van der Waals surface area contributed by atoms with Crippen molar-refractivity contribution < 1.29 is 36.2 Å². The maximum atomic E-state index is 9.39. The van der Waals surface area contributed by atoms with Gasteiger partial charge in [-0.3, -0.25) is 18.3 Å². The third-order valence-electron chi connectivity index (χ3n) is 0.866. The maximum Gasteiger partial charge on any atom is 0.397 e. The zero-order chi connectivity index (χ0) is 17.9. The fourth-order valence-electron chi connectivity index (χ4n) is 0.222. The van der Waals surface area contributed by atoms with Gasteiger partial charge in [0.15, 0.2) is 0 Å². The van der Waals surface area contributed by atoms with E-state index in [1.54, 1.807) is 27.7 Å². The normalized spacial score (nSPS) is 9.05. The van der Waals surface area contributed by atoms with E-state index in [4.69, 9.17) is 4.55 Å². The molecule has 0 amide bonds. The van der Waals surface area contributed by atoms with Crippen molar-refractivity contribution in [1.29, 1.82) is 0 Å². The molecule has 0 atom stereocenters. The minimum atomic E-state index is -4.16. The van der Waals surface area contributed by atoms with Crippen LogP contribution in [0.5, 0.6) is 0 Å². The highest BCUT2D eigenvalue weighted by atomic mass is 32.3. The van der Waals surface area contributed by atoms with Crippen LogP contribution in [-0.4, -0.2) is 59.3 Å². The van der Waals surface area contributed by atoms with E-state index in [0.717, 1.165) is 7.11 Å². The van der Waals surface area contributed by atoms with Crippen LogP contribution >= 0.6 is 0 Å². The Morgan fingerprint density at radius 2 is 1.14 bits per heavy atom. The molecule has 0 radical (unpaired) electrons. The molecule has 0 aliphatic carbocycles. The average Bonchev–Trinajstić information content (AvgIpc) is 2.30. The summed E-state index contributed by atoms with van der Waals surface area (Å²) in [6, 6.07) is 0. The van der Waals surface area contributed by atoms with Crippen LogP contribution in [0.1, 0.15) is 27.7 Å². The first-order valence-corrected chi connectivity index (χ1v) is 7.18. The highest BCUT2D eigenvalue weighted by molar-refractivity contribution is 7.80. The molecule has 130 valence electrons. The predicted molar refractivity (Wildman–Crippen MR) is 78.1 cm³/mol. The molecular weight excluding hydrogens is 306 g/mol. The lowest BCUT2D eigenvalue weighted by Crippen LogP contribution is -1.98. The van der Waals surface area contributed by atoms with Crippen LogP contribution in [0.25, 0.3) is 0 Å². The molecule has 10 heteroatoms. The summed E-state index contributed by atoms with van der Waals surface area (Å²) >= 11 is 0. The van der Waals surface area contributed by atoms with Gasteiger partial charge in [0.1, 0.15) is 0 Å². The van der Waals surface area contributed by atoms with Gasteiger partial charge in [-0.15, -0.1) is 0 Å². The van der Waals surface area contributed by atoms with Gasteiger partial charge in [-0.1, -0.05) is 0 Å². The van der Waals surface area contributed by atoms with E-state index in [1.165, 1.54) is 0 Å². The van der Waals surface area contributed by atoms with E-state index in [2.05, 4.69) is 19.0 Å². The smallest absolute Gasteiger partial charge is 0.397 e. The Morgan fingerprint density at radius 3 is 1.14 bits per heavy atom. The number of ether oxygens (including phenoxy) is 2. The van der Waals surface area contributed by atoms with Crippen LogP contribution in [0.4, 0.5) is 0 Å². The van der Waals surface area contributed by atoms with Crippen molar-refractivity contribution in [2.45, 2.75) is 39.9 Å². The molecule has 9 nitrogen and oxygen atoms in total. The molecule has 21 heavy (non-hydrogen) atoms. The second-order valence-corrected chi connectivity index (χ2v) is 4.85. The molecule has 0 bridgehead atoms. The summed E-state index contributed by atoms with van der Waals surface area (Å²) < 4.78 is 38.4. The van der Waals surface area contributed by atoms with Gasteiger partial charge in [-0.25, -0.2) is 0 Å². The van der Waals surface area contributed by atoms with Crippen LogP contribution in [0.2, 0.25) is 0 Å². The molecule has 2 N–H and O–H groups in total. The monoisotopic (exact) mass is 333 g/mol. The van der Waals surface area contributed by atoms with E-state index in [9.17, 15) is 18.0 Å². The minimum absolute atomic E-state index is 0.0301. The topological polar surface area (TPSA) is 128 Å². The van der Waals surface area contributed by atoms with Gasteiger partial charge in [0.05, 0.1) is 19.3 Å². The van der Waals surface area contributed by atoms with E-state index < -0.39 is 10.4 Å². The lowest BCUT2D eigenvalue weighted by Gasteiger charge is -1.96. The van der Waals surface area contributed by atoms with Gasteiger partial charge in [-0.05, 0) is 41.8 Å². The van der Waals surface area contributed by atoms with Crippen molar-refractivity contribution in [3.8, 4) is 0 Å². The summed E-state index contributed by atoms with van der Waals surface area (Å²) in [5, 5.41) is 2.75. The number of rotatable bonds is 5. The van der Waals surface area contributed by atoms with Crippen LogP contribution in [0.15, 0.2) is 0 Å². The molecule has 0 heterocycles. The summed E-state index contributed by atoms with van der Waals surface area (Å²) in [6.45, 7) is 8.10. The molecule has 0 aromatic heterocycles. The zero-order valence-electron chi connectivity index (χ0n) is 13.5. The van der Waals surface area contributed by atoms with Gasteiger partial charge in [0, 0.05) is 0 Å². The second kappa shape index (κ2) is 21.1. The van der Waals surface area contributed by atoms with E-state index >= 15 is 0 Å². The largest absolute Gasteiger partial charge is 0.465 e. The SMILES string of the molecule is CC(C)OC=O.CC(C)OC=O.CNC.COS(=O)(=O)O. The number of hydrogen-bond acceptors (Lipinski definition) is 8. The third-order valence-corrected chi connectivity index (χ3v) is 1.29. The van der Waals surface area contributed by atoms with Gasteiger partial charge in [0.25, 0.3) is 12.9 Å². The van der Waals surface area contributed by atoms with Crippen LogP contribution in [0.3, 0.4) is 0 Å². The van der Waals surface area contributed by atoms with Crippen LogP contribution in [0, 0.1) is 0 Å². The van der Waals surface area contributed by atoms with Gasteiger partial charge in [0.2, 0.25) is 0 Å². The molecule has 0 aromatic carbocycles. The Bertz CT molecular complexity index is 289. The first-order chi connectivity index (χ1) is 9.51. The third kappa shape index (κ3) is 87.4. The molecule has 0 aliphatic heterocycles.